The number of nitrogens with zero attached hydrogens (tertiary/aromatic N) is 4. The minimum Gasteiger partial charge on any atom is -0.383 e. The fourth-order valence-electron chi connectivity index (χ4n) is 4.04. The lowest BCUT2D eigenvalue weighted by Gasteiger charge is -2.31. The second kappa shape index (κ2) is 11.9. The highest BCUT2D eigenvalue weighted by Gasteiger charge is 2.29. The van der Waals surface area contributed by atoms with Crippen LogP contribution in [-0.4, -0.2) is 77.1 Å². The molecule has 0 saturated carbocycles. The second-order valence-corrected chi connectivity index (χ2v) is 8.11. The van der Waals surface area contributed by atoms with Crippen LogP contribution in [0.4, 0.5) is 11.4 Å². The molecule has 2 heterocycles. The SMILES string of the molecule is CC=CCC=C1CCN(c2cccc(N3CCOCC3)c2)C1N=C(C)N(C)CCOC. The van der Waals surface area contributed by atoms with Gasteiger partial charge in [-0.15, -0.1) is 0 Å². The van der Waals surface area contributed by atoms with E-state index >= 15 is 0 Å². The number of allylic oxidation sites excluding steroid dienone is 3. The Morgan fingerprint density at radius 2 is 2.03 bits per heavy atom. The lowest BCUT2D eigenvalue weighted by molar-refractivity contribution is 0.122. The molecule has 170 valence electrons. The third-order valence-corrected chi connectivity index (χ3v) is 6.05. The molecule has 1 aromatic rings. The number of hydrogen-bond donors (Lipinski definition) is 0. The van der Waals surface area contributed by atoms with E-state index in [2.05, 4.69) is 78.1 Å². The first-order valence-corrected chi connectivity index (χ1v) is 11.4. The number of rotatable bonds is 8. The van der Waals surface area contributed by atoms with E-state index in [1.54, 1.807) is 7.11 Å². The average molecular weight is 427 g/mol. The molecule has 0 aliphatic carbocycles. The molecule has 31 heavy (non-hydrogen) atoms. The number of amidine groups is 1. The molecule has 1 aromatic carbocycles. The van der Waals surface area contributed by atoms with E-state index in [-0.39, 0.29) is 6.17 Å². The predicted octanol–water partition coefficient (Wildman–Crippen LogP) is 3.95. The number of hydrogen-bond acceptors (Lipinski definition) is 5. The molecular formula is C25H38N4O2. The molecule has 0 N–H and O–H groups in total. The van der Waals surface area contributed by atoms with Crippen molar-refractivity contribution in [3.63, 3.8) is 0 Å². The largest absolute Gasteiger partial charge is 0.383 e. The summed E-state index contributed by atoms with van der Waals surface area (Å²) in [6.07, 6.45) is 8.70. The molecular weight excluding hydrogens is 388 g/mol. The third-order valence-electron chi connectivity index (χ3n) is 6.05. The molecule has 6 nitrogen and oxygen atoms in total. The maximum Gasteiger partial charge on any atom is 0.145 e. The van der Waals surface area contributed by atoms with Crippen molar-refractivity contribution in [3.05, 3.63) is 48.1 Å². The summed E-state index contributed by atoms with van der Waals surface area (Å²) in [6, 6.07) is 8.90. The molecule has 0 bridgehead atoms. The van der Waals surface area contributed by atoms with Crippen LogP contribution in [-0.2, 0) is 9.47 Å². The van der Waals surface area contributed by atoms with Gasteiger partial charge in [0.1, 0.15) is 6.17 Å². The molecule has 0 radical (unpaired) electrons. The fourth-order valence-corrected chi connectivity index (χ4v) is 4.04. The number of ether oxygens (including phenoxy) is 2. The summed E-state index contributed by atoms with van der Waals surface area (Å²) in [6.45, 7) is 10.2. The van der Waals surface area contributed by atoms with Crippen LogP contribution >= 0.6 is 0 Å². The van der Waals surface area contributed by atoms with Crippen molar-refractivity contribution < 1.29 is 9.47 Å². The van der Waals surface area contributed by atoms with Gasteiger partial charge in [-0.05, 0) is 50.5 Å². The van der Waals surface area contributed by atoms with Crippen LogP contribution < -0.4 is 9.80 Å². The molecule has 2 fully saturated rings. The Labute approximate surface area is 187 Å². The van der Waals surface area contributed by atoms with Gasteiger partial charge in [-0.25, -0.2) is 4.99 Å². The van der Waals surface area contributed by atoms with Crippen LogP contribution in [0.2, 0.25) is 0 Å². The Morgan fingerprint density at radius 3 is 2.77 bits per heavy atom. The summed E-state index contributed by atoms with van der Waals surface area (Å²) in [5, 5.41) is 0. The van der Waals surface area contributed by atoms with E-state index in [1.807, 2.05) is 0 Å². The zero-order chi connectivity index (χ0) is 22.1. The highest BCUT2D eigenvalue weighted by molar-refractivity contribution is 5.80. The molecule has 2 aliphatic rings. The highest BCUT2D eigenvalue weighted by Crippen LogP contribution is 2.33. The standard InChI is InChI=1S/C25H38N4O2/c1-5-6-7-9-22-12-13-29(25(22)26-21(2)27(3)14-17-30-4)24-11-8-10-23(20-24)28-15-18-31-19-16-28/h5-6,8-11,20,25H,7,12-19H2,1-4H3. The van der Waals surface area contributed by atoms with E-state index < -0.39 is 0 Å². The van der Waals surface area contributed by atoms with E-state index in [4.69, 9.17) is 14.5 Å². The number of anilines is 2. The summed E-state index contributed by atoms with van der Waals surface area (Å²) in [7, 11) is 3.82. The summed E-state index contributed by atoms with van der Waals surface area (Å²) >= 11 is 0. The molecule has 3 rings (SSSR count). The third kappa shape index (κ3) is 6.34. The molecule has 0 spiro atoms. The van der Waals surface area contributed by atoms with Crippen LogP contribution in [0.5, 0.6) is 0 Å². The average Bonchev–Trinajstić information content (AvgIpc) is 3.20. The van der Waals surface area contributed by atoms with Gasteiger partial charge in [0.15, 0.2) is 0 Å². The number of benzene rings is 1. The Morgan fingerprint density at radius 1 is 1.26 bits per heavy atom. The van der Waals surface area contributed by atoms with Gasteiger partial charge in [-0.1, -0.05) is 24.3 Å². The molecule has 2 saturated heterocycles. The van der Waals surface area contributed by atoms with Gasteiger partial charge < -0.3 is 24.2 Å². The summed E-state index contributed by atoms with van der Waals surface area (Å²) in [5.41, 5.74) is 3.90. The second-order valence-electron chi connectivity index (χ2n) is 8.11. The van der Waals surface area contributed by atoms with Gasteiger partial charge in [0, 0.05) is 51.7 Å². The van der Waals surface area contributed by atoms with Crippen molar-refractivity contribution in [2.75, 3.05) is 70.0 Å². The lowest BCUT2D eigenvalue weighted by atomic mass is 10.1. The van der Waals surface area contributed by atoms with Crippen LogP contribution in [0, 0.1) is 0 Å². The Kier molecular flexibility index (Phi) is 8.98. The maximum atomic E-state index is 5.53. The number of likely N-dealkylation sites (N-methyl/N-ethyl adjacent to an activating group) is 1. The summed E-state index contributed by atoms with van der Waals surface area (Å²) < 4.78 is 10.8. The van der Waals surface area contributed by atoms with Crippen LogP contribution in [0.1, 0.15) is 26.7 Å². The molecule has 1 atom stereocenters. The molecule has 0 aromatic heterocycles. The van der Waals surface area contributed by atoms with Gasteiger partial charge in [0.2, 0.25) is 0 Å². The Hall–Kier alpha value is -2.31. The fraction of sp³-hybridized carbons (Fsp3) is 0.560. The topological polar surface area (TPSA) is 40.5 Å². The predicted molar refractivity (Wildman–Crippen MR) is 130 cm³/mol. The van der Waals surface area contributed by atoms with Crippen molar-refractivity contribution in [2.45, 2.75) is 32.9 Å². The van der Waals surface area contributed by atoms with Gasteiger partial charge in [0.05, 0.1) is 25.7 Å². The summed E-state index contributed by atoms with van der Waals surface area (Å²) in [5.74, 6) is 1.04. The van der Waals surface area contributed by atoms with E-state index in [0.29, 0.717) is 6.61 Å². The molecule has 0 amide bonds. The van der Waals surface area contributed by atoms with Crippen molar-refractivity contribution in [1.29, 1.82) is 0 Å². The first-order chi connectivity index (χ1) is 15.1. The molecule has 1 unspecified atom stereocenters. The number of aliphatic imine (C=N–C) groups is 1. The summed E-state index contributed by atoms with van der Waals surface area (Å²) in [4.78, 5) is 12.2. The highest BCUT2D eigenvalue weighted by atomic mass is 16.5. The first kappa shape index (κ1) is 23.4. The van der Waals surface area contributed by atoms with Crippen molar-refractivity contribution in [1.82, 2.24) is 4.90 Å². The van der Waals surface area contributed by atoms with Crippen LogP contribution in [0.25, 0.3) is 0 Å². The zero-order valence-corrected chi connectivity index (χ0v) is 19.6. The van der Waals surface area contributed by atoms with Crippen LogP contribution in [0.3, 0.4) is 0 Å². The van der Waals surface area contributed by atoms with Gasteiger partial charge >= 0.3 is 0 Å². The minimum absolute atomic E-state index is 0.0372. The zero-order valence-electron chi connectivity index (χ0n) is 19.6. The quantitative estimate of drug-likeness (QED) is 0.358. The number of morpholine rings is 1. The Bertz CT molecular complexity index is 783. The molecule has 6 heteroatoms. The monoisotopic (exact) mass is 426 g/mol. The van der Waals surface area contributed by atoms with Crippen LogP contribution in [0.15, 0.2) is 53.1 Å². The first-order valence-electron chi connectivity index (χ1n) is 11.4. The smallest absolute Gasteiger partial charge is 0.145 e. The van der Waals surface area contributed by atoms with Crippen molar-refractivity contribution in [2.24, 2.45) is 4.99 Å². The van der Waals surface area contributed by atoms with Gasteiger partial charge in [0.25, 0.3) is 0 Å². The van der Waals surface area contributed by atoms with Gasteiger partial charge in [-0.3, -0.25) is 0 Å². The Balaban J connectivity index is 1.86. The van der Waals surface area contributed by atoms with Gasteiger partial charge in [-0.2, -0.15) is 0 Å². The maximum absolute atomic E-state index is 5.53. The van der Waals surface area contributed by atoms with Crippen molar-refractivity contribution in [3.8, 4) is 0 Å². The molecule has 2 aliphatic heterocycles. The number of methoxy groups -OCH3 is 1. The van der Waals surface area contributed by atoms with E-state index in [1.165, 1.54) is 16.9 Å². The van der Waals surface area contributed by atoms with E-state index in [0.717, 1.165) is 58.1 Å². The normalized spacial score (nSPS) is 21.5. The minimum atomic E-state index is 0.0372. The van der Waals surface area contributed by atoms with E-state index in [9.17, 15) is 0 Å². The van der Waals surface area contributed by atoms with Crippen molar-refractivity contribution >= 4 is 17.2 Å². The lowest BCUT2D eigenvalue weighted by Crippen LogP contribution is -2.36.